The van der Waals surface area contributed by atoms with E-state index in [0.717, 1.165) is 24.8 Å². The second kappa shape index (κ2) is 7.24. The second-order valence-corrected chi connectivity index (χ2v) is 5.76. The molecule has 2 rings (SSSR count). The zero-order valence-corrected chi connectivity index (χ0v) is 12.1. The molecule has 2 atom stereocenters. The third-order valence-corrected chi connectivity index (χ3v) is 4.04. The molecule has 0 aliphatic heterocycles. The number of hydrogen-bond donors (Lipinski definition) is 3. The topological polar surface area (TPSA) is 80.0 Å². The molecule has 5 heteroatoms. The second-order valence-electron chi connectivity index (χ2n) is 5.76. The number of nitrogens with one attached hydrogen (secondary N) is 2. The number of pyridine rings is 1. The van der Waals surface area contributed by atoms with Crippen LogP contribution in [-0.2, 0) is 0 Å². The van der Waals surface area contributed by atoms with E-state index in [-0.39, 0.29) is 5.91 Å². The number of nitrogen functional groups attached to an aromatic ring is 1. The summed E-state index contributed by atoms with van der Waals surface area (Å²) in [5.74, 6) is 6.77. The van der Waals surface area contributed by atoms with E-state index < -0.39 is 0 Å². The Morgan fingerprint density at radius 2 is 2.35 bits per heavy atom. The number of aromatic nitrogens is 1. The summed E-state index contributed by atoms with van der Waals surface area (Å²) in [6.45, 7) is 3.04. The van der Waals surface area contributed by atoms with Gasteiger partial charge in [-0.05, 0) is 36.8 Å². The maximum absolute atomic E-state index is 12.0. The van der Waals surface area contributed by atoms with Crippen molar-refractivity contribution in [2.75, 3.05) is 12.0 Å². The fourth-order valence-corrected chi connectivity index (χ4v) is 2.95. The molecule has 1 aromatic heterocycles. The van der Waals surface area contributed by atoms with Gasteiger partial charge in [-0.2, -0.15) is 0 Å². The average Bonchev–Trinajstić information content (AvgIpc) is 2.47. The van der Waals surface area contributed by atoms with Crippen molar-refractivity contribution in [1.29, 1.82) is 0 Å². The third-order valence-electron chi connectivity index (χ3n) is 4.04. The third kappa shape index (κ3) is 4.20. The molecule has 0 aromatic carbocycles. The minimum absolute atomic E-state index is 0.133. The number of nitrogens with two attached hydrogens (primary N) is 1. The van der Waals surface area contributed by atoms with E-state index in [0.29, 0.717) is 11.4 Å². The molecule has 1 fully saturated rings. The Labute approximate surface area is 120 Å². The molecule has 1 aliphatic carbocycles. The van der Waals surface area contributed by atoms with Gasteiger partial charge in [0.2, 0.25) is 0 Å². The first-order chi connectivity index (χ1) is 9.69. The Hall–Kier alpha value is -1.62. The molecule has 1 aliphatic rings. The lowest BCUT2D eigenvalue weighted by Gasteiger charge is -2.26. The number of amides is 1. The van der Waals surface area contributed by atoms with Crippen LogP contribution in [0.15, 0.2) is 18.3 Å². The summed E-state index contributed by atoms with van der Waals surface area (Å²) >= 11 is 0. The molecule has 0 saturated heterocycles. The molecule has 2 unspecified atom stereocenters. The van der Waals surface area contributed by atoms with E-state index in [1.165, 1.54) is 25.7 Å². The summed E-state index contributed by atoms with van der Waals surface area (Å²) in [5, 5.41) is 2.94. The molecule has 20 heavy (non-hydrogen) atoms. The van der Waals surface area contributed by atoms with Crippen LogP contribution >= 0.6 is 0 Å². The van der Waals surface area contributed by atoms with Gasteiger partial charge in [-0.15, -0.1) is 0 Å². The molecule has 0 spiro atoms. The minimum atomic E-state index is -0.133. The predicted octanol–water partition coefficient (Wildman–Crippen LogP) is 2.31. The molecule has 0 bridgehead atoms. The number of nitrogens with zero attached hydrogens (tertiary/aromatic N) is 1. The van der Waals surface area contributed by atoms with E-state index in [1.54, 1.807) is 18.3 Å². The van der Waals surface area contributed by atoms with Crippen molar-refractivity contribution in [1.82, 2.24) is 10.3 Å². The quantitative estimate of drug-likeness (QED) is 0.569. The number of hydrogen-bond acceptors (Lipinski definition) is 4. The summed E-state index contributed by atoms with van der Waals surface area (Å²) in [6, 6.07) is 3.37. The number of carbonyl (C=O) groups excluding carboxylic acids is 1. The zero-order valence-electron chi connectivity index (χ0n) is 12.1. The van der Waals surface area contributed by atoms with Crippen LogP contribution in [0.5, 0.6) is 0 Å². The van der Waals surface area contributed by atoms with Crippen molar-refractivity contribution in [2.24, 2.45) is 17.7 Å². The van der Waals surface area contributed by atoms with Gasteiger partial charge in [-0.1, -0.05) is 26.2 Å². The molecule has 1 saturated carbocycles. The summed E-state index contributed by atoms with van der Waals surface area (Å²) in [6.07, 6.45) is 7.90. The Kier molecular flexibility index (Phi) is 5.35. The first-order valence-corrected chi connectivity index (χ1v) is 7.40. The summed E-state index contributed by atoms with van der Waals surface area (Å²) in [7, 11) is 0. The lowest BCUT2D eigenvalue weighted by molar-refractivity contribution is 0.0944. The van der Waals surface area contributed by atoms with Crippen LogP contribution in [0.1, 0.15) is 49.5 Å². The van der Waals surface area contributed by atoms with Gasteiger partial charge in [0.15, 0.2) is 0 Å². The maximum atomic E-state index is 12.0. The summed E-state index contributed by atoms with van der Waals surface area (Å²) < 4.78 is 0. The molecule has 1 amide bonds. The number of hydrazine groups is 1. The van der Waals surface area contributed by atoms with Crippen molar-refractivity contribution in [3.63, 3.8) is 0 Å². The molecule has 4 N–H and O–H groups in total. The predicted molar refractivity (Wildman–Crippen MR) is 80.1 cm³/mol. The van der Waals surface area contributed by atoms with Crippen LogP contribution in [0, 0.1) is 11.8 Å². The minimum Gasteiger partial charge on any atom is -0.351 e. The first kappa shape index (κ1) is 14.8. The largest absolute Gasteiger partial charge is 0.351 e. The number of carbonyl (C=O) groups is 1. The van der Waals surface area contributed by atoms with Crippen molar-refractivity contribution >= 4 is 11.6 Å². The zero-order chi connectivity index (χ0) is 14.4. The van der Waals surface area contributed by atoms with E-state index in [4.69, 9.17) is 5.84 Å². The molecule has 1 aromatic rings. The van der Waals surface area contributed by atoms with Crippen molar-refractivity contribution < 1.29 is 4.79 Å². The average molecular weight is 276 g/mol. The fraction of sp³-hybridized carbons (Fsp3) is 0.600. The summed E-state index contributed by atoms with van der Waals surface area (Å²) in [4.78, 5) is 16.0. The maximum Gasteiger partial charge on any atom is 0.269 e. The summed E-state index contributed by atoms with van der Waals surface area (Å²) in [5.41, 5.74) is 3.60. The molecular formula is C15H24N4O. The van der Waals surface area contributed by atoms with Gasteiger partial charge in [-0.3, -0.25) is 15.6 Å². The van der Waals surface area contributed by atoms with Gasteiger partial charge in [0.1, 0.15) is 5.69 Å². The van der Waals surface area contributed by atoms with E-state index >= 15 is 0 Å². The first-order valence-electron chi connectivity index (χ1n) is 7.40. The van der Waals surface area contributed by atoms with Crippen LogP contribution < -0.4 is 16.6 Å². The molecular weight excluding hydrogens is 252 g/mol. The highest BCUT2D eigenvalue weighted by Crippen LogP contribution is 2.30. The fourth-order valence-electron chi connectivity index (χ4n) is 2.95. The Balaban J connectivity index is 1.77. The van der Waals surface area contributed by atoms with E-state index in [9.17, 15) is 4.79 Å². The highest BCUT2D eigenvalue weighted by molar-refractivity contribution is 5.93. The lowest BCUT2D eigenvalue weighted by atomic mass is 9.81. The Morgan fingerprint density at radius 1 is 1.50 bits per heavy atom. The van der Waals surface area contributed by atoms with Gasteiger partial charge < -0.3 is 10.7 Å². The van der Waals surface area contributed by atoms with Crippen LogP contribution in [0.3, 0.4) is 0 Å². The number of anilines is 1. The van der Waals surface area contributed by atoms with Gasteiger partial charge in [0.05, 0.1) is 5.69 Å². The van der Waals surface area contributed by atoms with Crippen molar-refractivity contribution in [3.8, 4) is 0 Å². The number of rotatable bonds is 5. The van der Waals surface area contributed by atoms with Gasteiger partial charge in [-0.25, -0.2) is 0 Å². The Morgan fingerprint density at radius 3 is 3.10 bits per heavy atom. The smallest absolute Gasteiger partial charge is 0.269 e. The standard InChI is InChI=1S/C15H24N4O/c1-11-3-2-4-12(9-11)5-7-18-15(20)14-10-13(19-16)6-8-17-14/h6,8,10-12H,2-5,7,9,16H2,1H3,(H,17,19)(H,18,20). The van der Waals surface area contributed by atoms with Gasteiger partial charge in [0, 0.05) is 12.7 Å². The van der Waals surface area contributed by atoms with Crippen LogP contribution in [0.4, 0.5) is 5.69 Å². The van der Waals surface area contributed by atoms with Gasteiger partial charge in [0.25, 0.3) is 5.91 Å². The molecule has 5 nitrogen and oxygen atoms in total. The van der Waals surface area contributed by atoms with Crippen molar-refractivity contribution in [2.45, 2.75) is 39.0 Å². The van der Waals surface area contributed by atoms with E-state index in [2.05, 4.69) is 22.7 Å². The lowest BCUT2D eigenvalue weighted by Crippen LogP contribution is -2.28. The molecule has 1 heterocycles. The highest BCUT2D eigenvalue weighted by Gasteiger charge is 2.18. The molecule has 0 radical (unpaired) electrons. The highest BCUT2D eigenvalue weighted by atomic mass is 16.1. The molecule has 110 valence electrons. The van der Waals surface area contributed by atoms with E-state index in [1.807, 2.05) is 0 Å². The van der Waals surface area contributed by atoms with Gasteiger partial charge >= 0.3 is 0 Å². The van der Waals surface area contributed by atoms with Crippen LogP contribution in [0.2, 0.25) is 0 Å². The van der Waals surface area contributed by atoms with Crippen molar-refractivity contribution in [3.05, 3.63) is 24.0 Å². The normalized spacial score (nSPS) is 22.3. The van der Waals surface area contributed by atoms with Crippen LogP contribution in [0.25, 0.3) is 0 Å². The SMILES string of the molecule is CC1CCCC(CCNC(=O)c2cc(NN)ccn2)C1. The Bertz CT molecular complexity index is 449. The van der Waals surface area contributed by atoms with Crippen LogP contribution in [-0.4, -0.2) is 17.4 Å². The monoisotopic (exact) mass is 276 g/mol.